The Labute approximate surface area is 131 Å². The van der Waals surface area contributed by atoms with Gasteiger partial charge in [0.15, 0.2) is 0 Å². The average Bonchev–Trinajstić information content (AvgIpc) is 2.55. The van der Waals surface area contributed by atoms with Crippen molar-refractivity contribution in [1.29, 1.82) is 0 Å². The van der Waals surface area contributed by atoms with Crippen LogP contribution in [0, 0.1) is 5.92 Å². The third-order valence-electron chi connectivity index (χ3n) is 4.14. The number of nitrogens with zero attached hydrogens (tertiary/aromatic N) is 2. The monoisotopic (exact) mass is 298 g/mol. The number of amides is 1. The number of rotatable bonds is 3. The van der Waals surface area contributed by atoms with E-state index in [0.717, 1.165) is 42.6 Å². The fraction of sp³-hybridized carbons (Fsp3) is 0.444. The van der Waals surface area contributed by atoms with Gasteiger partial charge in [0.05, 0.1) is 0 Å². The Hall–Kier alpha value is -2.10. The van der Waals surface area contributed by atoms with Crippen LogP contribution in [0.4, 0.5) is 0 Å². The van der Waals surface area contributed by atoms with Crippen molar-refractivity contribution in [2.45, 2.75) is 32.8 Å². The molecule has 1 aromatic carbocycles. The number of pyridine rings is 1. The van der Waals surface area contributed by atoms with E-state index in [4.69, 9.17) is 4.74 Å². The third-order valence-corrected chi connectivity index (χ3v) is 4.14. The first-order valence-electron chi connectivity index (χ1n) is 7.94. The van der Waals surface area contributed by atoms with Crippen LogP contribution >= 0.6 is 0 Å². The summed E-state index contributed by atoms with van der Waals surface area (Å²) in [5, 5.41) is 1.09. The highest BCUT2D eigenvalue weighted by Gasteiger charge is 2.25. The predicted molar refractivity (Wildman–Crippen MR) is 86.8 cm³/mol. The van der Waals surface area contributed by atoms with Crippen LogP contribution in [0.15, 0.2) is 36.5 Å². The molecule has 0 aliphatic carbocycles. The molecule has 2 heterocycles. The molecule has 0 atom stereocenters. The summed E-state index contributed by atoms with van der Waals surface area (Å²) >= 11 is 0. The summed E-state index contributed by atoms with van der Waals surface area (Å²) in [4.78, 5) is 18.4. The van der Waals surface area contributed by atoms with Crippen molar-refractivity contribution in [3.05, 3.63) is 36.5 Å². The molecule has 0 radical (unpaired) electrons. The Bertz CT molecular complexity index is 656. The molecule has 0 unspecified atom stereocenters. The van der Waals surface area contributed by atoms with Gasteiger partial charge in [0.25, 0.3) is 0 Å². The van der Waals surface area contributed by atoms with Crippen molar-refractivity contribution < 1.29 is 9.53 Å². The van der Waals surface area contributed by atoms with E-state index in [0.29, 0.717) is 0 Å². The van der Waals surface area contributed by atoms with Gasteiger partial charge in [0.1, 0.15) is 17.4 Å². The van der Waals surface area contributed by atoms with Crippen LogP contribution in [0.1, 0.15) is 26.7 Å². The van der Waals surface area contributed by atoms with Gasteiger partial charge in [-0.25, -0.2) is 0 Å². The van der Waals surface area contributed by atoms with E-state index in [9.17, 15) is 4.79 Å². The van der Waals surface area contributed by atoms with Crippen molar-refractivity contribution >= 4 is 16.8 Å². The molecule has 116 valence electrons. The third kappa shape index (κ3) is 3.06. The summed E-state index contributed by atoms with van der Waals surface area (Å²) in [6, 6.07) is 9.98. The van der Waals surface area contributed by atoms with Crippen molar-refractivity contribution in [3.63, 3.8) is 0 Å². The van der Waals surface area contributed by atoms with Gasteiger partial charge >= 0.3 is 0 Å². The molecule has 0 saturated carbocycles. The molecule has 1 saturated heterocycles. The van der Waals surface area contributed by atoms with E-state index in [-0.39, 0.29) is 17.9 Å². The zero-order valence-electron chi connectivity index (χ0n) is 13.2. The lowest BCUT2D eigenvalue weighted by atomic mass is 10.1. The average molecular weight is 298 g/mol. The summed E-state index contributed by atoms with van der Waals surface area (Å²) < 4.78 is 6.16. The van der Waals surface area contributed by atoms with E-state index in [1.165, 1.54) is 0 Å². The van der Waals surface area contributed by atoms with E-state index < -0.39 is 0 Å². The largest absolute Gasteiger partial charge is 0.488 e. The highest BCUT2D eigenvalue weighted by molar-refractivity contribution is 5.84. The highest BCUT2D eigenvalue weighted by Crippen LogP contribution is 2.26. The summed E-state index contributed by atoms with van der Waals surface area (Å²) in [6.07, 6.45) is 3.70. The lowest BCUT2D eigenvalue weighted by molar-refractivity contribution is -0.136. The number of para-hydroxylation sites is 1. The van der Waals surface area contributed by atoms with Gasteiger partial charge in [-0.3, -0.25) is 9.78 Å². The number of fused-ring (bicyclic) bond motifs is 1. The molecule has 1 aliphatic rings. The van der Waals surface area contributed by atoms with Crippen LogP contribution in [0.3, 0.4) is 0 Å². The Morgan fingerprint density at radius 3 is 2.68 bits per heavy atom. The van der Waals surface area contributed by atoms with Crippen molar-refractivity contribution in [3.8, 4) is 5.75 Å². The second-order valence-corrected chi connectivity index (χ2v) is 6.13. The molecule has 2 aromatic rings. The molecule has 1 aromatic heterocycles. The molecule has 1 amide bonds. The van der Waals surface area contributed by atoms with E-state index >= 15 is 0 Å². The maximum Gasteiger partial charge on any atom is 0.225 e. The molecule has 0 bridgehead atoms. The summed E-state index contributed by atoms with van der Waals surface area (Å²) in [7, 11) is 0. The molecule has 0 N–H and O–H groups in total. The normalized spacial score (nSPS) is 16.2. The Balaban J connectivity index is 1.66. The fourth-order valence-electron chi connectivity index (χ4n) is 2.91. The van der Waals surface area contributed by atoms with Crippen LogP contribution in [-0.4, -0.2) is 35.0 Å². The molecule has 3 rings (SSSR count). The predicted octanol–water partition coefficient (Wildman–Crippen LogP) is 3.26. The number of piperidine rings is 1. The first kappa shape index (κ1) is 14.8. The van der Waals surface area contributed by atoms with Crippen molar-refractivity contribution in [1.82, 2.24) is 9.88 Å². The standard InChI is InChI=1S/C18H22N2O2/c1-13(2)18(21)20-11-8-15(9-12-20)22-16-7-3-5-14-6-4-10-19-17(14)16/h3-7,10,13,15H,8-9,11-12H2,1-2H3. The van der Waals surface area contributed by atoms with Gasteiger partial charge in [0.2, 0.25) is 5.91 Å². The van der Waals surface area contributed by atoms with Gasteiger partial charge < -0.3 is 9.64 Å². The van der Waals surface area contributed by atoms with Crippen LogP contribution in [0.2, 0.25) is 0 Å². The summed E-state index contributed by atoms with van der Waals surface area (Å²) in [5.41, 5.74) is 0.908. The summed E-state index contributed by atoms with van der Waals surface area (Å²) in [5.74, 6) is 1.15. The Kier molecular flexibility index (Phi) is 4.27. The minimum atomic E-state index is 0.0692. The van der Waals surface area contributed by atoms with Crippen molar-refractivity contribution in [2.75, 3.05) is 13.1 Å². The molecule has 4 heteroatoms. The first-order chi connectivity index (χ1) is 10.6. The minimum Gasteiger partial charge on any atom is -0.488 e. The lowest BCUT2D eigenvalue weighted by Gasteiger charge is -2.33. The molecular weight excluding hydrogens is 276 g/mol. The number of likely N-dealkylation sites (tertiary alicyclic amines) is 1. The van der Waals surface area contributed by atoms with E-state index in [1.54, 1.807) is 6.20 Å². The van der Waals surface area contributed by atoms with Crippen LogP contribution in [0.25, 0.3) is 10.9 Å². The zero-order valence-corrected chi connectivity index (χ0v) is 13.2. The number of carbonyl (C=O) groups excluding carboxylic acids is 1. The summed E-state index contributed by atoms with van der Waals surface area (Å²) in [6.45, 7) is 5.46. The maximum atomic E-state index is 12.0. The van der Waals surface area contributed by atoms with Crippen LogP contribution in [-0.2, 0) is 4.79 Å². The molecular formula is C18H22N2O2. The first-order valence-corrected chi connectivity index (χ1v) is 7.94. The number of hydrogen-bond acceptors (Lipinski definition) is 3. The van der Waals surface area contributed by atoms with Gasteiger partial charge in [0, 0.05) is 43.4 Å². The number of benzene rings is 1. The number of hydrogen-bond donors (Lipinski definition) is 0. The van der Waals surface area contributed by atoms with E-state index in [1.807, 2.05) is 49.1 Å². The second kappa shape index (κ2) is 6.34. The molecule has 4 nitrogen and oxygen atoms in total. The second-order valence-electron chi connectivity index (χ2n) is 6.13. The van der Waals surface area contributed by atoms with Crippen LogP contribution in [0.5, 0.6) is 5.75 Å². The maximum absolute atomic E-state index is 12.0. The number of aromatic nitrogens is 1. The zero-order chi connectivity index (χ0) is 15.5. The van der Waals surface area contributed by atoms with Gasteiger partial charge in [-0.05, 0) is 12.1 Å². The Morgan fingerprint density at radius 1 is 1.23 bits per heavy atom. The van der Waals surface area contributed by atoms with E-state index in [2.05, 4.69) is 4.98 Å². The van der Waals surface area contributed by atoms with Gasteiger partial charge in [-0.2, -0.15) is 0 Å². The topological polar surface area (TPSA) is 42.4 Å². The van der Waals surface area contributed by atoms with Gasteiger partial charge in [-0.15, -0.1) is 0 Å². The molecule has 22 heavy (non-hydrogen) atoms. The van der Waals surface area contributed by atoms with Crippen molar-refractivity contribution in [2.24, 2.45) is 5.92 Å². The van der Waals surface area contributed by atoms with Crippen LogP contribution < -0.4 is 4.74 Å². The highest BCUT2D eigenvalue weighted by atomic mass is 16.5. The quantitative estimate of drug-likeness (QED) is 0.873. The lowest BCUT2D eigenvalue weighted by Crippen LogP contribution is -2.43. The molecule has 1 fully saturated rings. The smallest absolute Gasteiger partial charge is 0.225 e. The molecule has 1 aliphatic heterocycles. The Morgan fingerprint density at radius 2 is 1.95 bits per heavy atom. The van der Waals surface area contributed by atoms with Gasteiger partial charge in [-0.1, -0.05) is 32.0 Å². The number of ether oxygens (including phenoxy) is 1. The minimum absolute atomic E-state index is 0.0692. The molecule has 0 spiro atoms. The SMILES string of the molecule is CC(C)C(=O)N1CCC(Oc2cccc3cccnc23)CC1. The number of carbonyl (C=O) groups is 1. The fourth-order valence-corrected chi connectivity index (χ4v) is 2.91.